The van der Waals surface area contributed by atoms with E-state index in [0.717, 1.165) is 6.07 Å². The monoisotopic (exact) mass is 372 g/mol. The molecule has 0 spiro atoms. The van der Waals surface area contributed by atoms with Crippen LogP contribution in [0.5, 0.6) is 0 Å². The Morgan fingerprint density at radius 1 is 1.22 bits per heavy atom. The van der Waals surface area contributed by atoms with Crippen LogP contribution >= 0.6 is 31.9 Å². The number of hydrogen-bond acceptors (Lipinski definition) is 2. The van der Waals surface area contributed by atoms with Crippen molar-refractivity contribution in [3.8, 4) is 0 Å². The third kappa shape index (κ3) is 3.14. The van der Waals surface area contributed by atoms with E-state index in [9.17, 15) is 9.18 Å². The molecule has 3 nitrogen and oxygen atoms in total. The first kappa shape index (κ1) is 13.2. The predicted octanol–water partition coefficient (Wildman–Crippen LogP) is 4.00. The van der Waals surface area contributed by atoms with Gasteiger partial charge in [-0.05, 0) is 62.2 Å². The smallest absolute Gasteiger partial charge is 0.258 e. The number of carbonyl (C=O) groups is 1. The van der Waals surface area contributed by atoms with Crippen LogP contribution < -0.4 is 5.32 Å². The SMILES string of the molecule is O=C(Nc1cccc(Br)n1)c1cc(F)ccc1Br. The summed E-state index contributed by atoms with van der Waals surface area (Å²) < 4.78 is 14.2. The molecule has 0 aliphatic heterocycles. The van der Waals surface area contributed by atoms with Crippen LogP contribution in [0.15, 0.2) is 45.5 Å². The molecule has 1 amide bonds. The molecule has 2 rings (SSSR count). The highest BCUT2D eigenvalue weighted by atomic mass is 79.9. The minimum atomic E-state index is -0.467. The summed E-state index contributed by atoms with van der Waals surface area (Å²) >= 11 is 6.40. The van der Waals surface area contributed by atoms with Crippen molar-refractivity contribution in [2.24, 2.45) is 0 Å². The van der Waals surface area contributed by atoms with Crippen molar-refractivity contribution in [2.75, 3.05) is 5.32 Å². The lowest BCUT2D eigenvalue weighted by molar-refractivity contribution is 0.102. The minimum Gasteiger partial charge on any atom is -0.306 e. The van der Waals surface area contributed by atoms with Gasteiger partial charge in [0.05, 0.1) is 5.56 Å². The summed E-state index contributed by atoms with van der Waals surface area (Å²) in [5, 5.41) is 2.59. The molecule has 0 atom stereocenters. The van der Waals surface area contributed by atoms with Crippen molar-refractivity contribution in [1.82, 2.24) is 4.98 Å². The summed E-state index contributed by atoms with van der Waals surface area (Å²) in [5.74, 6) is -0.497. The van der Waals surface area contributed by atoms with E-state index >= 15 is 0 Å². The Bertz CT molecular complexity index is 604. The number of nitrogens with zero attached hydrogens (tertiary/aromatic N) is 1. The van der Waals surface area contributed by atoms with Crippen molar-refractivity contribution in [1.29, 1.82) is 0 Å². The van der Waals surface area contributed by atoms with E-state index in [-0.39, 0.29) is 5.56 Å². The highest BCUT2D eigenvalue weighted by Gasteiger charge is 2.12. The van der Waals surface area contributed by atoms with E-state index in [1.165, 1.54) is 12.1 Å². The van der Waals surface area contributed by atoms with Gasteiger partial charge in [-0.2, -0.15) is 0 Å². The summed E-state index contributed by atoms with van der Waals surface area (Å²) in [5.41, 5.74) is 0.219. The Morgan fingerprint density at radius 3 is 2.72 bits per heavy atom. The zero-order valence-corrected chi connectivity index (χ0v) is 12.1. The maximum atomic E-state index is 13.1. The van der Waals surface area contributed by atoms with E-state index in [1.54, 1.807) is 18.2 Å². The van der Waals surface area contributed by atoms with Crippen molar-refractivity contribution in [3.05, 3.63) is 56.9 Å². The Hall–Kier alpha value is -1.27. The molecule has 1 heterocycles. The van der Waals surface area contributed by atoms with Crippen LogP contribution in [0.25, 0.3) is 0 Å². The number of amides is 1. The molecule has 0 unspecified atom stereocenters. The predicted molar refractivity (Wildman–Crippen MR) is 74.0 cm³/mol. The van der Waals surface area contributed by atoms with Gasteiger partial charge in [-0.3, -0.25) is 4.79 Å². The molecule has 0 saturated carbocycles. The number of hydrogen-bond donors (Lipinski definition) is 1. The quantitative estimate of drug-likeness (QED) is 0.808. The van der Waals surface area contributed by atoms with Gasteiger partial charge in [0, 0.05) is 4.47 Å². The first-order chi connectivity index (χ1) is 8.56. The van der Waals surface area contributed by atoms with Gasteiger partial charge >= 0.3 is 0 Å². The molecular formula is C12H7Br2FN2O. The largest absolute Gasteiger partial charge is 0.306 e. The molecule has 18 heavy (non-hydrogen) atoms. The number of anilines is 1. The van der Waals surface area contributed by atoms with Crippen molar-refractivity contribution in [3.63, 3.8) is 0 Å². The number of aromatic nitrogens is 1. The third-order valence-electron chi connectivity index (χ3n) is 2.13. The second-order valence-electron chi connectivity index (χ2n) is 3.42. The lowest BCUT2D eigenvalue weighted by atomic mass is 10.2. The number of pyridine rings is 1. The van der Waals surface area contributed by atoms with E-state index in [2.05, 4.69) is 42.2 Å². The van der Waals surface area contributed by atoms with E-state index < -0.39 is 11.7 Å². The Labute approximate surface area is 120 Å². The highest BCUT2D eigenvalue weighted by Crippen LogP contribution is 2.19. The van der Waals surface area contributed by atoms with Crippen molar-refractivity contribution in [2.45, 2.75) is 0 Å². The Balaban J connectivity index is 2.24. The molecule has 0 aliphatic rings. The maximum Gasteiger partial charge on any atom is 0.258 e. The minimum absolute atomic E-state index is 0.219. The summed E-state index contributed by atoms with van der Waals surface area (Å²) in [7, 11) is 0. The zero-order chi connectivity index (χ0) is 13.1. The molecular weight excluding hydrogens is 367 g/mol. The standard InChI is InChI=1S/C12H7Br2FN2O/c13-9-5-4-7(15)6-8(9)12(18)17-11-3-1-2-10(14)16-11/h1-6H,(H,16,17,18). The fourth-order valence-corrected chi connectivity index (χ4v) is 2.10. The maximum absolute atomic E-state index is 13.1. The molecule has 0 radical (unpaired) electrons. The molecule has 1 aromatic heterocycles. The van der Waals surface area contributed by atoms with Crippen LogP contribution in [-0.4, -0.2) is 10.9 Å². The normalized spacial score (nSPS) is 10.2. The summed E-state index contributed by atoms with van der Waals surface area (Å²) in [4.78, 5) is 16.0. The van der Waals surface area contributed by atoms with Gasteiger partial charge < -0.3 is 5.32 Å². The molecule has 0 aliphatic carbocycles. The van der Waals surface area contributed by atoms with Crippen LogP contribution in [0.1, 0.15) is 10.4 Å². The summed E-state index contributed by atoms with van der Waals surface area (Å²) in [6.45, 7) is 0. The highest BCUT2D eigenvalue weighted by molar-refractivity contribution is 9.10. The second kappa shape index (κ2) is 5.58. The molecule has 2 aromatic rings. The van der Waals surface area contributed by atoms with Crippen LogP contribution in [0.2, 0.25) is 0 Å². The topological polar surface area (TPSA) is 42.0 Å². The van der Waals surface area contributed by atoms with Gasteiger partial charge in [0.2, 0.25) is 0 Å². The number of rotatable bonds is 2. The summed E-state index contributed by atoms with van der Waals surface area (Å²) in [6, 6.07) is 9.06. The molecule has 6 heteroatoms. The first-order valence-corrected chi connectivity index (χ1v) is 6.54. The molecule has 1 N–H and O–H groups in total. The van der Waals surface area contributed by atoms with Crippen LogP contribution in [0.3, 0.4) is 0 Å². The van der Waals surface area contributed by atoms with Gasteiger partial charge in [0.1, 0.15) is 16.2 Å². The fraction of sp³-hybridized carbons (Fsp3) is 0. The van der Waals surface area contributed by atoms with Crippen molar-refractivity contribution < 1.29 is 9.18 Å². The van der Waals surface area contributed by atoms with Crippen LogP contribution in [-0.2, 0) is 0 Å². The first-order valence-electron chi connectivity index (χ1n) is 4.95. The lowest BCUT2D eigenvalue weighted by Gasteiger charge is -2.06. The number of nitrogens with one attached hydrogen (secondary N) is 1. The number of carbonyl (C=O) groups excluding carboxylic acids is 1. The van der Waals surface area contributed by atoms with Crippen molar-refractivity contribution >= 4 is 43.6 Å². The Kier molecular flexibility index (Phi) is 4.08. The van der Waals surface area contributed by atoms with Crippen LogP contribution in [0, 0.1) is 5.82 Å². The molecule has 0 saturated heterocycles. The van der Waals surface area contributed by atoms with E-state index in [4.69, 9.17) is 0 Å². The average Bonchev–Trinajstić information content (AvgIpc) is 2.32. The molecule has 0 bridgehead atoms. The third-order valence-corrected chi connectivity index (χ3v) is 3.26. The van der Waals surface area contributed by atoms with Gasteiger partial charge in [-0.25, -0.2) is 9.37 Å². The molecule has 92 valence electrons. The Morgan fingerprint density at radius 2 is 2.00 bits per heavy atom. The second-order valence-corrected chi connectivity index (χ2v) is 5.09. The summed E-state index contributed by atoms with van der Waals surface area (Å²) in [6.07, 6.45) is 0. The van der Waals surface area contributed by atoms with Gasteiger partial charge in [-0.1, -0.05) is 6.07 Å². The molecule has 0 fully saturated rings. The fourth-order valence-electron chi connectivity index (χ4n) is 1.33. The molecule has 1 aromatic carbocycles. The van der Waals surface area contributed by atoms with Gasteiger partial charge in [0.25, 0.3) is 5.91 Å². The van der Waals surface area contributed by atoms with Gasteiger partial charge in [-0.15, -0.1) is 0 Å². The van der Waals surface area contributed by atoms with Gasteiger partial charge in [0.15, 0.2) is 0 Å². The van der Waals surface area contributed by atoms with E-state index in [1.807, 2.05) is 0 Å². The lowest BCUT2D eigenvalue weighted by Crippen LogP contribution is -2.13. The number of halogens is 3. The van der Waals surface area contributed by atoms with E-state index in [0.29, 0.717) is 14.9 Å². The number of benzene rings is 1. The zero-order valence-electron chi connectivity index (χ0n) is 8.95. The van der Waals surface area contributed by atoms with Crippen LogP contribution in [0.4, 0.5) is 10.2 Å². The average molecular weight is 374 g/mol.